The molecule has 5 heteroatoms. The molecule has 0 unspecified atom stereocenters. The maximum Gasteiger partial charge on any atom is 0.276 e. The fourth-order valence-corrected chi connectivity index (χ4v) is 3.99. The lowest BCUT2D eigenvalue weighted by Gasteiger charge is -2.29. The van der Waals surface area contributed by atoms with Gasteiger partial charge in [-0.3, -0.25) is 4.79 Å². The van der Waals surface area contributed by atoms with Gasteiger partial charge in [-0.2, -0.15) is 0 Å². The topological polar surface area (TPSA) is 45.7 Å². The van der Waals surface area contributed by atoms with Crippen molar-refractivity contribution >= 4 is 28.2 Å². The van der Waals surface area contributed by atoms with Gasteiger partial charge in [0, 0.05) is 36.9 Å². The van der Waals surface area contributed by atoms with Gasteiger partial charge in [-0.05, 0) is 60.7 Å². The molecule has 1 saturated heterocycles. The van der Waals surface area contributed by atoms with Gasteiger partial charge in [-0.15, -0.1) is 0 Å². The van der Waals surface area contributed by atoms with E-state index < -0.39 is 0 Å². The summed E-state index contributed by atoms with van der Waals surface area (Å²) in [4.78, 5) is 22.2. The fourth-order valence-electron chi connectivity index (χ4n) is 3.99. The van der Waals surface area contributed by atoms with Gasteiger partial charge in [0.25, 0.3) is 5.91 Å². The minimum absolute atomic E-state index is 0.0447. The highest BCUT2D eigenvalue weighted by Gasteiger charge is 2.31. The summed E-state index contributed by atoms with van der Waals surface area (Å²) >= 11 is 0. The van der Waals surface area contributed by atoms with Crippen LogP contribution in [0.3, 0.4) is 0 Å². The summed E-state index contributed by atoms with van der Waals surface area (Å²) < 4.78 is 5.43. The first kappa shape index (κ1) is 18.1. The van der Waals surface area contributed by atoms with Crippen LogP contribution in [0.15, 0.2) is 54.6 Å². The summed E-state index contributed by atoms with van der Waals surface area (Å²) in [5.41, 5.74) is 4.59. The number of ether oxygens (including phenoxy) is 1. The molecule has 1 saturated carbocycles. The molecule has 1 aliphatic heterocycles. The third-order valence-electron chi connectivity index (χ3n) is 5.89. The SMILES string of the molecule is CN(C(=O)c1nc2ccccc2cc1C1CC1)c1ccc(N2CCOCC2)cc1. The molecule has 5 rings (SSSR count). The zero-order chi connectivity index (χ0) is 19.8. The first-order valence-corrected chi connectivity index (χ1v) is 10.3. The number of hydrogen-bond donors (Lipinski definition) is 0. The predicted molar refractivity (Wildman–Crippen MR) is 116 cm³/mol. The second-order valence-corrected chi connectivity index (χ2v) is 7.87. The van der Waals surface area contributed by atoms with Crippen molar-refractivity contribution in [3.8, 4) is 0 Å². The number of hydrogen-bond acceptors (Lipinski definition) is 4. The molecule has 5 nitrogen and oxygen atoms in total. The van der Waals surface area contributed by atoms with Crippen molar-refractivity contribution in [2.24, 2.45) is 0 Å². The van der Waals surface area contributed by atoms with Crippen molar-refractivity contribution in [2.45, 2.75) is 18.8 Å². The first-order valence-electron chi connectivity index (χ1n) is 10.3. The van der Waals surface area contributed by atoms with E-state index in [0.717, 1.165) is 61.3 Å². The maximum atomic E-state index is 13.4. The van der Waals surface area contributed by atoms with Gasteiger partial charge < -0.3 is 14.5 Å². The average Bonchev–Trinajstić information content (AvgIpc) is 3.63. The molecule has 3 aromatic rings. The van der Waals surface area contributed by atoms with Gasteiger partial charge in [0.1, 0.15) is 5.69 Å². The standard InChI is InChI=1S/C24H25N3O2/c1-26(19-8-10-20(11-9-19)27-12-14-29-15-13-27)24(28)23-21(17-6-7-17)16-18-4-2-3-5-22(18)25-23/h2-5,8-11,16-17H,6-7,12-15H2,1H3. The summed E-state index contributed by atoms with van der Waals surface area (Å²) in [5, 5.41) is 1.10. The summed E-state index contributed by atoms with van der Waals surface area (Å²) in [5.74, 6) is 0.417. The van der Waals surface area contributed by atoms with E-state index >= 15 is 0 Å². The Labute approximate surface area is 170 Å². The summed E-state index contributed by atoms with van der Waals surface area (Å²) in [6.45, 7) is 3.33. The number of carbonyl (C=O) groups excluding carboxylic acids is 1. The molecule has 29 heavy (non-hydrogen) atoms. The van der Waals surface area contributed by atoms with Crippen LogP contribution in [0.2, 0.25) is 0 Å². The van der Waals surface area contributed by atoms with E-state index in [1.54, 1.807) is 4.90 Å². The van der Waals surface area contributed by atoms with Crippen LogP contribution in [-0.4, -0.2) is 44.2 Å². The summed E-state index contributed by atoms with van der Waals surface area (Å²) in [7, 11) is 1.83. The largest absolute Gasteiger partial charge is 0.378 e. The lowest BCUT2D eigenvalue weighted by atomic mass is 10.0. The Hall–Kier alpha value is -2.92. The third-order valence-corrected chi connectivity index (χ3v) is 5.89. The van der Waals surface area contributed by atoms with E-state index in [1.807, 2.05) is 37.4 Å². The number of para-hydroxylation sites is 1. The number of benzene rings is 2. The molecule has 2 aromatic carbocycles. The molecule has 0 bridgehead atoms. The molecular formula is C24H25N3O2. The van der Waals surface area contributed by atoms with Crippen molar-refractivity contribution in [2.75, 3.05) is 43.2 Å². The monoisotopic (exact) mass is 387 g/mol. The van der Waals surface area contributed by atoms with Crippen molar-refractivity contribution in [3.05, 3.63) is 65.9 Å². The minimum Gasteiger partial charge on any atom is -0.378 e. The smallest absolute Gasteiger partial charge is 0.276 e. The highest BCUT2D eigenvalue weighted by atomic mass is 16.5. The minimum atomic E-state index is -0.0447. The van der Waals surface area contributed by atoms with Crippen LogP contribution in [0.1, 0.15) is 34.8 Å². The second kappa shape index (κ2) is 7.48. The summed E-state index contributed by atoms with van der Waals surface area (Å²) in [6.07, 6.45) is 2.27. The molecule has 148 valence electrons. The fraction of sp³-hybridized carbons (Fsp3) is 0.333. The van der Waals surface area contributed by atoms with E-state index in [0.29, 0.717) is 11.6 Å². The third kappa shape index (κ3) is 3.58. The van der Waals surface area contributed by atoms with Crippen LogP contribution in [0.4, 0.5) is 11.4 Å². The van der Waals surface area contributed by atoms with Crippen LogP contribution in [0.25, 0.3) is 10.9 Å². The molecule has 0 atom stereocenters. The molecule has 1 aliphatic carbocycles. The Morgan fingerprint density at radius 2 is 1.79 bits per heavy atom. The van der Waals surface area contributed by atoms with Crippen LogP contribution >= 0.6 is 0 Å². The van der Waals surface area contributed by atoms with Crippen LogP contribution < -0.4 is 9.80 Å². The van der Waals surface area contributed by atoms with Gasteiger partial charge >= 0.3 is 0 Å². The molecular weight excluding hydrogens is 362 g/mol. The van der Waals surface area contributed by atoms with Crippen molar-refractivity contribution < 1.29 is 9.53 Å². The Bertz CT molecular complexity index is 1040. The number of anilines is 2. The quantitative estimate of drug-likeness (QED) is 0.672. The lowest BCUT2D eigenvalue weighted by Crippen LogP contribution is -2.36. The number of fused-ring (bicyclic) bond motifs is 1. The van der Waals surface area contributed by atoms with Crippen LogP contribution in [-0.2, 0) is 4.74 Å². The van der Waals surface area contributed by atoms with E-state index in [2.05, 4.69) is 29.2 Å². The van der Waals surface area contributed by atoms with Crippen LogP contribution in [0, 0.1) is 0 Å². The number of amides is 1. The van der Waals surface area contributed by atoms with Crippen molar-refractivity contribution in [1.82, 2.24) is 4.98 Å². The Morgan fingerprint density at radius 3 is 2.52 bits per heavy atom. The van der Waals surface area contributed by atoms with E-state index in [-0.39, 0.29) is 5.91 Å². The Kier molecular flexibility index (Phi) is 4.68. The molecule has 0 N–H and O–H groups in total. The Balaban J connectivity index is 1.43. The summed E-state index contributed by atoms with van der Waals surface area (Å²) in [6, 6.07) is 18.4. The number of aromatic nitrogens is 1. The molecule has 2 fully saturated rings. The predicted octanol–water partition coefficient (Wildman–Crippen LogP) is 4.23. The lowest BCUT2D eigenvalue weighted by molar-refractivity contribution is 0.0987. The number of nitrogens with zero attached hydrogens (tertiary/aromatic N) is 3. The zero-order valence-electron chi connectivity index (χ0n) is 16.7. The van der Waals surface area contributed by atoms with Crippen LogP contribution in [0.5, 0.6) is 0 Å². The van der Waals surface area contributed by atoms with Gasteiger partial charge in [0.2, 0.25) is 0 Å². The first-order chi connectivity index (χ1) is 14.2. The van der Waals surface area contributed by atoms with Gasteiger partial charge in [-0.1, -0.05) is 18.2 Å². The highest BCUT2D eigenvalue weighted by Crippen LogP contribution is 2.42. The zero-order valence-corrected chi connectivity index (χ0v) is 16.7. The van der Waals surface area contributed by atoms with E-state index in [9.17, 15) is 4.79 Å². The maximum absolute atomic E-state index is 13.4. The second-order valence-electron chi connectivity index (χ2n) is 7.87. The number of morpholine rings is 1. The van der Waals surface area contributed by atoms with Crippen molar-refractivity contribution in [1.29, 1.82) is 0 Å². The Morgan fingerprint density at radius 1 is 1.07 bits per heavy atom. The highest BCUT2D eigenvalue weighted by molar-refractivity contribution is 6.06. The number of rotatable bonds is 4. The molecule has 0 spiro atoms. The molecule has 1 aromatic heterocycles. The molecule has 1 amide bonds. The normalized spacial score (nSPS) is 16.8. The van der Waals surface area contributed by atoms with Gasteiger partial charge in [0.15, 0.2) is 0 Å². The molecule has 2 aliphatic rings. The molecule has 0 radical (unpaired) electrons. The van der Waals surface area contributed by atoms with E-state index in [1.165, 1.54) is 5.69 Å². The number of carbonyl (C=O) groups is 1. The van der Waals surface area contributed by atoms with E-state index in [4.69, 9.17) is 9.72 Å². The molecule has 2 heterocycles. The van der Waals surface area contributed by atoms with Crippen molar-refractivity contribution in [3.63, 3.8) is 0 Å². The average molecular weight is 387 g/mol. The van der Waals surface area contributed by atoms with Gasteiger partial charge in [0.05, 0.1) is 18.7 Å². The van der Waals surface area contributed by atoms with Gasteiger partial charge in [-0.25, -0.2) is 4.98 Å². The number of pyridine rings is 1.